The predicted molar refractivity (Wildman–Crippen MR) is 76.9 cm³/mol. The van der Waals surface area contributed by atoms with Crippen molar-refractivity contribution in [2.24, 2.45) is 0 Å². The Kier molecular flexibility index (Phi) is 4.78. The van der Waals surface area contributed by atoms with E-state index in [1.54, 1.807) is 12.1 Å². The predicted octanol–water partition coefficient (Wildman–Crippen LogP) is 5.25. The summed E-state index contributed by atoms with van der Waals surface area (Å²) in [5.74, 6) is -0.409. The summed E-state index contributed by atoms with van der Waals surface area (Å²) >= 11 is 7.77. The van der Waals surface area contributed by atoms with Crippen molar-refractivity contribution in [3.63, 3.8) is 0 Å². The van der Waals surface area contributed by atoms with Gasteiger partial charge in [0, 0.05) is 14.9 Å². The van der Waals surface area contributed by atoms with Crippen molar-refractivity contribution in [2.75, 3.05) is 0 Å². The van der Waals surface area contributed by atoms with E-state index in [-0.39, 0.29) is 5.56 Å². The molecule has 0 radical (unpaired) electrons. The van der Waals surface area contributed by atoms with E-state index in [1.807, 2.05) is 0 Å². The summed E-state index contributed by atoms with van der Waals surface area (Å²) in [7, 11) is 0. The molecule has 1 N–H and O–H groups in total. The van der Waals surface area contributed by atoms with Crippen molar-refractivity contribution in [1.82, 2.24) is 0 Å². The van der Waals surface area contributed by atoms with Crippen molar-refractivity contribution in [3.8, 4) is 5.75 Å². The van der Waals surface area contributed by atoms with Gasteiger partial charge in [0.1, 0.15) is 11.9 Å². The number of para-hydroxylation sites is 1. The van der Waals surface area contributed by atoms with Crippen LogP contribution in [0.1, 0.15) is 16.5 Å². The lowest BCUT2D eigenvalue weighted by atomic mass is 10.1. The van der Waals surface area contributed by atoms with Crippen LogP contribution in [0, 0.1) is 0 Å². The normalized spacial score (nSPS) is 13.3. The average Bonchev–Trinajstić information content (AvgIpc) is 2.67. The van der Waals surface area contributed by atoms with Crippen LogP contribution in [0.5, 0.6) is 5.75 Å². The van der Waals surface area contributed by atoms with Gasteiger partial charge in [-0.2, -0.15) is 0 Å². The molecule has 0 fully saturated rings. The number of halogens is 5. The molecule has 0 spiro atoms. The molecule has 0 saturated carbocycles. The summed E-state index contributed by atoms with van der Waals surface area (Å²) in [6.07, 6.45) is -5.99. The number of benzene rings is 1. The van der Waals surface area contributed by atoms with E-state index >= 15 is 0 Å². The first-order chi connectivity index (χ1) is 9.28. The van der Waals surface area contributed by atoms with Gasteiger partial charge in [-0.25, -0.2) is 0 Å². The number of hydrogen-bond acceptors (Lipinski definition) is 3. The Morgan fingerprint density at radius 2 is 1.85 bits per heavy atom. The highest BCUT2D eigenvalue weighted by Crippen LogP contribution is 2.40. The summed E-state index contributed by atoms with van der Waals surface area (Å²) in [6, 6.07) is 7.16. The van der Waals surface area contributed by atoms with Gasteiger partial charge in [-0.15, -0.1) is 24.5 Å². The smallest absolute Gasteiger partial charge is 0.405 e. The molecule has 8 heteroatoms. The van der Waals surface area contributed by atoms with Gasteiger partial charge in [0.05, 0.1) is 3.79 Å². The van der Waals surface area contributed by atoms with Gasteiger partial charge >= 0.3 is 6.36 Å². The van der Waals surface area contributed by atoms with Crippen LogP contribution in [0.4, 0.5) is 13.2 Å². The van der Waals surface area contributed by atoms with E-state index in [4.69, 9.17) is 0 Å². The summed E-state index contributed by atoms with van der Waals surface area (Å²) in [6.45, 7) is 0. The Hall–Kier alpha value is -0.570. The van der Waals surface area contributed by atoms with Gasteiger partial charge in [-0.3, -0.25) is 0 Å². The quantitative estimate of drug-likeness (QED) is 0.718. The van der Waals surface area contributed by atoms with Gasteiger partial charge in [0.2, 0.25) is 0 Å². The molecule has 1 atom stereocenters. The first-order valence-electron chi connectivity index (χ1n) is 5.25. The minimum absolute atomic E-state index is 0.0612. The first-order valence-corrected chi connectivity index (χ1v) is 7.65. The minimum Gasteiger partial charge on any atom is -0.405 e. The molecule has 1 heterocycles. The SMILES string of the molecule is OC(c1cc(Br)c(Br)s1)c1ccccc1OC(F)(F)F. The van der Waals surface area contributed by atoms with Gasteiger partial charge in [0.25, 0.3) is 0 Å². The van der Waals surface area contributed by atoms with E-state index in [0.29, 0.717) is 4.88 Å². The average molecular weight is 432 g/mol. The monoisotopic (exact) mass is 430 g/mol. The van der Waals surface area contributed by atoms with Crippen molar-refractivity contribution < 1.29 is 23.0 Å². The molecule has 2 aromatic rings. The maximum atomic E-state index is 12.3. The Labute approximate surface area is 133 Å². The number of ether oxygens (including phenoxy) is 1. The zero-order valence-corrected chi connectivity index (χ0v) is 13.6. The van der Waals surface area contributed by atoms with Gasteiger partial charge in [-0.05, 0) is 44.0 Å². The van der Waals surface area contributed by atoms with Crippen molar-refractivity contribution in [3.05, 3.63) is 49.0 Å². The molecule has 0 saturated heterocycles. The lowest BCUT2D eigenvalue weighted by molar-refractivity contribution is -0.275. The zero-order chi connectivity index (χ0) is 14.9. The molecule has 0 aliphatic rings. The van der Waals surface area contributed by atoms with Crippen molar-refractivity contribution >= 4 is 43.2 Å². The third-order valence-corrected chi connectivity index (χ3v) is 5.68. The second-order valence-corrected chi connectivity index (χ2v) is 7.01. The molecule has 2 rings (SSSR count). The lowest BCUT2D eigenvalue weighted by Gasteiger charge is -2.16. The zero-order valence-electron chi connectivity index (χ0n) is 9.62. The summed E-state index contributed by atoms with van der Waals surface area (Å²) in [4.78, 5) is 0.502. The van der Waals surface area contributed by atoms with Crippen LogP contribution >= 0.6 is 43.2 Å². The Morgan fingerprint density at radius 3 is 2.40 bits per heavy atom. The lowest BCUT2D eigenvalue weighted by Crippen LogP contribution is -2.18. The van der Waals surface area contributed by atoms with Gasteiger partial charge < -0.3 is 9.84 Å². The molecule has 0 aliphatic heterocycles. The summed E-state index contributed by atoms with van der Waals surface area (Å²) < 4.78 is 42.4. The van der Waals surface area contributed by atoms with Gasteiger partial charge in [-0.1, -0.05) is 18.2 Å². The summed E-state index contributed by atoms with van der Waals surface area (Å²) in [5, 5.41) is 10.2. The standard InChI is InChI=1S/C12H7Br2F3O2S/c13-7-5-9(20-11(7)14)10(18)6-3-1-2-4-8(6)19-12(15,16)17/h1-5,10,18H. The molecule has 1 aromatic carbocycles. The number of rotatable bonds is 3. The number of alkyl halides is 3. The first kappa shape index (κ1) is 15.8. The second kappa shape index (κ2) is 6.05. The molecular formula is C12H7Br2F3O2S. The Bertz CT molecular complexity index is 593. The van der Waals surface area contributed by atoms with E-state index in [9.17, 15) is 18.3 Å². The fourth-order valence-corrected chi connectivity index (χ4v) is 3.67. The van der Waals surface area contributed by atoms with Crippen LogP contribution in [0.25, 0.3) is 0 Å². The largest absolute Gasteiger partial charge is 0.573 e. The van der Waals surface area contributed by atoms with Crippen LogP contribution in [0.2, 0.25) is 0 Å². The fourth-order valence-electron chi connectivity index (χ4n) is 1.58. The number of aliphatic hydroxyl groups is 1. The molecule has 0 bridgehead atoms. The number of hydrogen-bond donors (Lipinski definition) is 1. The molecule has 1 aromatic heterocycles. The third-order valence-electron chi connectivity index (χ3n) is 2.37. The molecule has 0 aliphatic carbocycles. The van der Waals surface area contributed by atoms with Gasteiger partial charge in [0.15, 0.2) is 0 Å². The van der Waals surface area contributed by atoms with Crippen LogP contribution in [0.15, 0.2) is 38.6 Å². The van der Waals surface area contributed by atoms with Crippen LogP contribution in [-0.4, -0.2) is 11.5 Å². The third kappa shape index (κ3) is 3.75. The molecule has 108 valence electrons. The maximum absolute atomic E-state index is 12.3. The molecule has 2 nitrogen and oxygen atoms in total. The molecule has 0 amide bonds. The van der Waals surface area contributed by atoms with Crippen molar-refractivity contribution in [1.29, 1.82) is 0 Å². The highest BCUT2D eigenvalue weighted by molar-refractivity contribution is 9.13. The summed E-state index contributed by atoms with van der Waals surface area (Å²) in [5.41, 5.74) is 0.0612. The Balaban J connectivity index is 2.37. The maximum Gasteiger partial charge on any atom is 0.573 e. The van der Waals surface area contributed by atoms with Crippen LogP contribution in [0.3, 0.4) is 0 Å². The Morgan fingerprint density at radius 1 is 1.20 bits per heavy atom. The van der Waals surface area contributed by atoms with E-state index in [1.165, 1.54) is 29.5 Å². The fraction of sp³-hybridized carbons (Fsp3) is 0.167. The number of thiophene rings is 1. The van der Waals surface area contributed by atoms with E-state index in [0.717, 1.165) is 8.26 Å². The second-order valence-electron chi connectivity index (χ2n) is 3.76. The van der Waals surface area contributed by atoms with Crippen LogP contribution in [-0.2, 0) is 0 Å². The van der Waals surface area contributed by atoms with Crippen LogP contribution < -0.4 is 4.74 Å². The highest BCUT2D eigenvalue weighted by atomic mass is 79.9. The van der Waals surface area contributed by atoms with Crippen molar-refractivity contribution in [2.45, 2.75) is 12.5 Å². The molecular weight excluding hydrogens is 425 g/mol. The number of aliphatic hydroxyl groups excluding tert-OH is 1. The molecule has 1 unspecified atom stereocenters. The minimum atomic E-state index is -4.80. The van der Waals surface area contributed by atoms with E-state index < -0.39 is 18.2 Å². The highest BCUT2D eigenvalue weighted by Gasteiger charge is 2.33. The van der Waals surface area contributed by atoms with E-state index in [2.05, 4.69) is 36.6 Å². The topological polar surface area (TPSA) is 29.5 Å². The molecule has 20 heavy (non-hydrogen) atoms.